The number of hydrogen-bond donors (Lipinski definition) is 2. The van der Waals surface area contributed by atoms with Crippen LogP contribution in [0.25, 0.3) is 0 Å². The zero-order valence-electron chi connectivity index (χ0n) is 14.7. The molecule has 0 unspecified atom stereocenters. The highest BCUT2D eigenvalue weighted by atomic mass is 32.2. The molecule has 1 heterocycles. The van der Waals surface area contributed by atoms with Crippen molar-refractivity contribution in [3.05, 3.63) is 35.4 Å². The molecule has 8 heteroatoms. The maximum atomic E-state index is 12.2. The second kappa shape index (κ2) is 9.14. The molecule has 0 saturated heterocycles. The molecule has 1 fully saturated rings. The van der Waals surface area contributed by atoms with Gasteiger partial charge in [0, 0.05) is 11.6 Å². The monoisotopic (exact) mass is 390 g/mol. The lowest BCUT2D eigenvalue weighted by Crippen LogP contribution is -2.37. The maximum absolute atomic E-state index is 12.2. The van der Waals surface area contributed by atoms with Gasteiger partial charge in [0.25, 0.3) is 5.91 Å². The zero-order valence-corrected chi connectivity index (χ0v) is 16.3. The second-order valence-electron chi connectivity index (χ2n) is 6.38. The lowest BCUT2D eigenvalue weighted by molar-refractivity contribution is -0.119. The molecule has 26 heavy (non-hydrogen) atoms. The van der Waals surface area contributed by atoms with Crippen LogP contribution in [0.3, 0.4) is 0 Å². The van der Waals surface area contributed by atoms with Crippen LogP contribution in [0.4, 0.5) is 5.13 Å². The number of nitrogens with zero attached hydrogens (tertiary/aromatic N) is 2. The molecule has 0 aliphatic heterocycles. The van der Waals surface area contributed by atoms with Crippen molar-refractivity contribution in [3.8, 4) is 0 Å². The Morgan fingerprint density at radius 3 is 2.62 bits per heavy atom. The molecular weight excluding hydrogens is 368 g/mol. The van der Waals surface area contributed by atoms with Gasteiger partial charge in [-0.05, 0) is 31.9 Å². The summed E-state index contributed by atoms with van der Waals surface area (Å²) in [4.78, 5) is 24.2. The van der Waals surface area contributed by atoms with Crippen LogP contribution in [-0.4, -0.2) is 33.8 Å². The Bertz CT molecular complexity index is 755. The predicted octanol–water partition coefficient (Wildman–Crippen LogP) is 3.64. The van der Waals surface area contributed by atoms with E-state index >= 15 is 0 Å². The van der Waals surface area contributed by atoms with Crippen molar-refractivity contribution in [2.75, 3.05) is 11.1 Å². The molecule has 1 aromatic carbocycles. The highest BCUT2D eigenvalue weighted by molar-refractivity contribution is 8.01. The van der Waals surface area contributed by atoms with E-state index in [0.29, 0.717) is 26.8 Å². The molecule has 2 amide bonds. The average Bonchev–Trinajstić information content (AvgIpc) is 3.09. The fourth-order valence-corrected chi connectivity index (χ4v) is 4.39. The van der Waals surface area contributed by atoms with Crippen molar-refractivity contribution in [2.24, 2.45) is 0 Å². The molecule has 0 spiro atoms. The minimum Gasteiger partial charge on any atom is -0.353 e. The van der Waals surface area contributed by atoms with Crippen molar-refractivity contribution in [3.63, 3.8) is 0 Å². The Morgan fingerprint density at radius 1 is 1.15 bits per heavy atom. The van der Waals surface area contributed by atoms with Gasteiger partial charge in [-0.2, -0.15) is 0 Å². The number of amides is 2. The average molecular weight is 391 g/mol. The summed E-state index contributed by atoms with van der Waals surface area (Å²) >= 11 is 2.62. The normalized spacial score (nSPS) is 14.8. The third-order valence-electron chi connectivity index (χ3n) is 4.24. The smallest absolute Gasteiger partial charge is 0.257 e. The van der Waals surface area contributed by atoms with E-state index in [1.165, 1.54) is 42.4 Å². The Hall–Kier alpha value is -1.93. The van der Waals surface area contributed by atoms with E-state index in [2.05, 4.69) is 20.8 Å². The van der Waals surface area contributed by atoms with Crippen LogP contribution in [0, 0.1) is 6.92 Å². The van der Waals surface area contributed by atoms with Crippen LogP contribution in [-0.2, 0) is 4.79 Å². The van der Waals surface area contributed by atoms with E-state index in [1.54, 1.807) is 12.1 Å². The third kappa shape index (κ3) is 5.54. The van der Waals surface area contributed by atoms with Crippen molar-refractivity contribution >= 4 is 40.0 Å². The molecular formula is C18H22N4O2S2. The Morgan fingerprint density at radius 2 is 1.88 bits per heavy atom. The second-order valence-corrected chi connectivity index (χ2v) is 8.58. The van der Waals surface area contributed by atoms with Gasteiger partial charge in [-0.1, -0.05) is 60.1 Å². The van der Waals surface area contributed by atoms with E-state index in [4.69, 9.17) is 0 Å². The number of aromatic nitrogens is 2. The van der Waals surface area contributed by atoms with Gasteiger partial charge in [-0.3, -0.25) is 14.9 Å². The Kier molecular flexibility index (Phi) is 6.62. The van der Waals surface area contributed by atoms with Crippen molar-refractivity contribution in [1.82, 2.24) is 15.5 Å². The Balaban J connectivity index is 1.46. The third-order valence-corrected chi connectivity index (χ3v) is 6.21. The van der Waals surface area contributed by atoms with Gasteiger partial charge in [-0.15, -0.1) is 10.2 Å². The molecule has 1 aromatic heterocycles. The van der Waals surface area contributed by atoms with E-state index in [-0.39, 0.29) is 11.8 Å². The standard InChI is InChI=1S/C18H22N4O2S2/c1-12-7-9-13(10-8-12)16(24)20-17-21-22-18(26-17)25-11-15(23)19-14-5-3-2-4-6-14/h7-10,14H,2-6,11H2,1H3,(H,19,23)(H,20,21,24). The van der Waals surface area contributed by atoms with Crippen LogP contribution in [0.15, 0.2) is 28.6 Å². The van der Waals surface area contributed by atoms with Crippen molar-refractivity contribution < 1.29 is 9.59 Å². The number of carbonyl (C=O) groups is 2. The molecule has 0 radical (unpaired) electrons. The number of carbonyl (C=O) groups excluding carboxylic acids is 2. The lowest BCUT2D eigenvalue weighted by Gasteiger charge is -2.22. The van der Waals surface area contributed by atoms with Gasteiger partial charge in [0.05, 0.1) is 5.75 Å². The largest absolute Gasteiger partial charge is 0.353 e. The number of thioether (sulfide) groups is 1. The summed E-state index contributed by atoms with van der Waals surface area (Å²) in [6, 6.07) is 7.65. The quantitative estimate of drug-likeness (QED) is 0.581. The molecule has 0 bridgehead atoms. The van der Waals surface area contributed by atoms with Crippen LogP contribution >= 0.6 is 23.1 Å². The highest BCUT2D eigenvalue weighted by Crippen LogP contribution is 2.26. The summed E-state index contributed by atoms with van der Waals surface area (Å²) in [5.41, 5.74) is 1.68. The molecule has 2 N–H and O–H groups in total. The van der Waals surface area contributed by atoms with E-state index in [0.717, 1.165) is 18.4 Å². The highest BCUT2D eigenvalue weighted by Gasteiger charge is 2.16. The fourth-order valence-electron chi connectivity index (χ4n) is 2.84. The zero-order chi connectivity index (χ0) is 18.4. The van der Waals surface area contributed by atoms with Crippen molar-refractivity contribution in [2.45, 2.75) is 49.4 Å². The molecule has 1 aliphatic rings. The fraction of sp³-hybridized carbons (Fsp3) is 0.444. The summed E-state index contributed by atoms with van der Waals surface area (Å²) in [5, 5.41) is 14.3. The summed E-state index contributed by atoms with van der Waals surface area (Å²) in [6.07, 6.45) is 5.80. The van der Waals surface area contributed by atoms with Gasteiger partial charge < -0.3 is 5.32 Å². The summed E-state index contributed by atoms with van der Waals surface area (Å²) in [5.74, 6) is 0.131. The van der Waals surface area contributed by atoms with Gasteiger partial charge in [0.2, 0.25) is 11.0 Å². The number of benzene rings is 1. The molecule has 1 aliphatic carbocycles. The molecule has 138 valence electrons. The Labute approximate surface area is 161 Å². The van der Waals surface area contributed by atoms with Gasteiger partial charge in [0.15, 0.2) is 4.34 Å². The number of nitrogens with one attached hydrogen (secondary N) is 2. The number of anilines is 1. The number of aryl methyl sites for hydroxylation is 1. The number of rotatable bonds is 6. The van der Waals surface area contributed by atoms with Crippen LogP contribution in [0.1, 0.15) is 48.0 Å². The first-order chi connectivity index (χ1) is 12.6. The van der Waals surface area contributed by atoms with Gasteiger partial charge in [0.1, 0.15) is 0 Å². The summed E-state index contributed by atoms with van der Waals surface area (Å²) in [7, 11) is 0. The molecule has 1 saturated carbocycles. The maximum Gasteiger partial charge on any atom is 0.257 e. The summed E-state index contributed by atoms with van der Waals surface area (Å²) in [6.45, 7) is 1.97. The van der Waals surface area contributed by atoms with Crippen molar-refractivity contribution in [1.29, 1.82) is 0 Å². The van der Waals surface area contributed by atoms with Gasteiger partial charge in [-0.25, -0.2) is 0 Å². The van der Waals surface area contributed by atoms with Crippen LogP contribution in [0.5, 0.6) is 0 Å². The van der Waals surface area contributed by atoms with E-state index in [9.17, 15) is 9.59 Å². The minimum absolute atomic E-state index is 0.0299. The van der Waals surface area contributed by atoms with E-state index < -0.39 is 0 Å². The van der Waals surface area contributed by atoms with Crippen LogP contribution < -0.4 is 10.6 Å². The lowest BCUT2D eigenvalue weighted by atomic mass is 9.95. The molecule has 6 nitrogen and oxygen atoms in total. The SMILES string of the molecule is Cc1ccc(C(=O)Nc2nnc(SCC(=O)NC3CCCCC3)s2)cc1. The predicted molar refractivity (Wildman–Crippen MR) is 105 cm³/mol. The van der Waals surface area contributed by atoms with Gasteiger partial charge >= 0.3 is 0 Å². The first-order valence-electron chi connectivity index (χ1n) is 8.74. The van der Waals surface area contributed by atoms with Crippen LogP contribution in [0.2, 0.25) is 0 Å². The van der Waals surface area contributed by atoms with E-state index in [1.807, 2.05) is 19.1 Å². The summed E-state index contributed by atoms with van der Waals surface area (Å²) < 4.78 is 0.669. The molecule has 3 rings (SSSR count). The first-order valence-corrected chi connectivity index (χ1v) is 10.5. The minimum atomic E-state index is -0.215. The molecule has 2 aromatic rings. The molecule has 0 atom stereocenters. The number of hydrogen-bond acceptors (Lipinski definition) is 6. The first kappa shape index (κ1) is 18.8. The topological polar surface area (TPSA) is 84.0 Å².